The molecule has 0 radical (unpaired) electrons. The number of methoxy groups -OCH3 is 2. The Morgan fingerprint density at radius 2 is 1.57 bits per heavy atom. The third kappa shape index (κ3) is 4.35. The van der Waals surface area contributed by atoms with E-state index in [1.165, 1.54) is 12.1 Å². The van der Waals surface area contributed by atoms with E-state index in [1.807, 2.05) is 47.4 Å². The predicted octanol–water partition coefficient (Wildman–Crippen LogP) is 6.00. The Hall–Kier alpha value is -3.48. The fraction of sp³-hybridized carbons (Fsp3) is 0.321. The summed E-state index contributed by atoms with van der Waals surface area (Å²) in [4.78, 5) is 15.6. The van der Waals surface area contributed by atoms with Gasteiger partial charge in [0.2, 0.25) is 5.91 Å². The fourth-order valence-corrected chi connectivity index (χ4v) is 5.15. The molecule has 0 aromatic heterocycles. The van der Waals surface area contributed by atoms with Crippen LogP contribution in [-0.4, -0.2) is 31.6 Å². The summed E-state index contributed by atoms with van der Waals surface area (Å²) in [5, 5.41) is 0. The molecule has 0 spiro atoms. The molecule has 3 aromatic rings. The van der Waals surface area contributed by atoms with Gasteiger partial charge in [-0.3, -0.25) is 4.79 Å². The number of halogens is 3. The molecule has 0 bridgehead atoms. The summed E-state index contributed by atoms with van der Waals surface area (Å²) in [5.74, 6) is 0.995. The van der Waals surface area contributed by atoms with Crippen LogP contribution in [0.5, 0.6) is 11.5 Å². The molecule has 2 aliphatic rings. The Morgan fingerprint density at radius 3 is 2.20 bits per heavy atom. The van der Waals surface area contributed by atoms with Gasteiger partial charge in [-0.15, -0.1) is 0 Å². The van der Waals surface area contributed by atoms with Gasteiger partial charge in [-0.25, -0.2) is 0 Å². The van der Waals surface area contributed by atoms with Gasteiger partial charge in [-0.05, 0) is 65.3 Å². The maximum atomic E-state index is 13.7. The Balaban J connectivity index is 1.45. The number of benzene rings is 3. The predicted molar refractivity (Wildman–Crippen MR) is 126 cm³/mol. The van der Waals surface area contributed by atoms with Gasteiger partial charge in [0.1, 0.15) is 0 Å². The second kappa shape index (κ2) is 8.95. The number of hydrogen-bond donors (Lipinski definition) is 0. The van der Waals surface area contributed by atoms with Crippen molar-refractivity contribution in [1.82, 2.24) is 4.90 Å². The van der Waals surface area contributed by atoms with E-state index in [0.717, 1.165) is 34.4 Å². The highest BCUT2D eigenvalue weighted by atomic mass is 19.4. The van der Waals surface area contributed by atoms with E-state index in [4.69, 9.17) is 9.47 Å². The highest BCUT2D eigenvalue weighted by Crippen LogP contribution is 2.51. The third-order valence-electron chi connectivity index (χ3n) is 7.05. The number of carbonyl (C=O) groups excluding carboxylic acids is 1. The maximum Gasteiger partial charge on any atom is 0.416 e. The van der Waals surface area contributed by atoms with E-state index in [9.17, 15) is 18.0 Å². The molecule has 35 heavy (non-hydrogen) atoms. The zero-order valence-electron chi connectivity index (χ0n) is 19.5. The lowest BCUT2D eigenvalue weighted by Gasteiger charge is -2.38. The summed E-state index contributed by atoms with van der Waals surface area (Å²) >= 11 is 0. The second-order valence-corrected chi connectivity index (χ2v) is 9.07. The van der Waals surface area contributed by atoms with Gasteiger partial charge in [0.25, 0.3) is 0 Å². The van der Waals surface area contributed by atoms with Gasteiger partial charge in [-0.2, -0.15) is 13.2 Å². The summed E-state index contributed by atoms with van der Waals surface area (Å²) in [6, 6.07) is 18.7. The minimum atomic E-state index is -4.37. The zero-order chi connectivity index (χ0) is 24.7. The molecule has 1 aliphatic heterocycles. The monoisotopic (exact) mass is 481 g/mol. The largest absolute Gasteiger partial charge is 0.493 e. The van der Waals surface area contributed by atoms with Crippen molar-refractivity contribution >= 4 is 5.91 Å². The molecule has 5 rings (SSSR count). The molecule has 7 heteroatoms. The SMILES string of the molecule is COc1cc2c(cc1OC)C(c1ccccc1)N(C(=O)C1CC1c1ccc(C(F)(F)F)cc1)CC2. The highest BCUT2D eigenvalue weighted by Gasteiger charge is 2.48. The van der Waals surface area contributed by atoms with Crippen LogP contribution in [0.15, 0.2) is 66.7 Å². The molecule has 3 unspecified atom stereocenters. The van der Waals surface area contributed by atoms with Gasteiger partial charge < -0.3 is 14.4 Å². The van der Waals surface area contributed by atoms with Gasteiger partial charge in [0, 0.05) is 12.5 Å². The second-order valence-electron chi connectivity index (χ2n) is 9.07. The van der Waals surface area contributed by atoms with Crippen LogP contribution in [0, 0.1) is 5.92 Å². The summed E-state index contributed by atoms with van der Waals surface area (Å²) in [7, 11) is 3.19. The summed E-state index contributed by atoms with van der Waals surface area (Å²) < 4.78 is 49.8. The first kappa shape index (κ1) is 23.3. The minimum Gasteiger partial charge on any atom is -0.493 e. The molecule has 1 heterocycles. The van der Waals surface area contributed by atoms with Crippen LogP contribution >= 0.6 is 0 Å². The van der Waals surface area contributed by atoms with E-state index in [0.29, 0.717) is 30.9 Å². The Bertz CT molecular complexity index is 1220. The van der Waals surface area contributed by atoms with Crippen LogP contribution in [0.3, 0.4) is 0 Å². The number of fused-ring (bicyclic) bond motifs is 1. The molecule has 4 nitrogen and oxygen atoms in total. The maximum absolute atomic E-state index is 13.7. The lowest BCUT2D eigenvalue weighted by atomic mass is 9.87. The van der Waals surface area contributed by atoms with Crippen molar-refractivity contribution in [2.75, 3.05) is 20.8 Å². The molecule has 0 N–H and O–H groups in total. The first-order valence-corrected chi connectivity index (χ1v) is 11.6. The zero-order valence-corrected chi connectivity index (χ0v) is 19.5. The Morgan fingerprint density at radius 1 is 0.914 bits per heavy atom. The normalized spacial score (nSPS) is 21.3. The first-order chi connectivity index (χ1) is 16.8. The number of carbonyl (C=O) groups is 1. The van der Waals surface area contributed by atoms with E-state index in [2.05, 4.69) is 0 Å². The van der Waals surface area contributed by atoms with Crippen molar-refractivity contribution in [3.05, 3.63) is 94.5 Å². The highest BCUT2D eigenvalue weighted by molar-refractivity contribution is 5.84. The lowest BCUT2D eigenvalue weighted by molar-refractivity contribution is -0.137. The van der Waals surface area contributed by atoms with Crippen molar-refractivity contribution < 1.29 is 27.4 Å². The van der Waals surface area contributed by atoms with Crippen LogP contribution in [0.4, 0.5) is 13.2 Å². The number of ether oxygens (including phenoxy) is 2. The number of hydrogen-bond acceptors (Lipinski definition) is 3. The van der Waals surface area contributed by atoms with Crippen molar-refractivity contribution in [3.8, 4) is 11.5 Å². The van der Waals surface area contributed by atoms with Crippen LogP contribution < -0.4 is 9.47 Å². The number of rotatable bonds is 5. The minimum absolute atomic E-state index is 0.0317. The molecule has 1 aliphatic carbocycles. The quantitative estimate of drug-likeness (QED) is 0.449. The lowest BCUT2D eigenvalue weighted by Crippen LogP contribution is -2.41. The van der Waals surface area contributed by atoms with Crippen LogP contribution in [0.2, 0.25) is 0 Å². The summed E-state index contributed by atoms with van der Waals surface area (Å²) in [6.07, 6.45) is -3.05. The van der Waals surface area contributed by atoms with E-state index < -0.39 is 11.7 Å². The van der Waals surface area contributed by atoms with E-state index >= 15 is 0 Å². The van der Waals surface area contributed by atoms with Gasteiger partial charge >= 0.3 is 6.18 Å². The van der Waals surface area contributed by atoms with Crippen LogP contribution in [0.25, 0.3) is 0 Å². The van der Waals surface area contributed by atoms with Gasteiger partial charge in [0.05, 0.1) is 25.8 Å². The molecular formula is C28H26F3NO3. The first-order valence-electron chi connectivity index (χ1n) is 11.6. The Kier molecular flexibility index (Phi) is 5.95. The number of nitrogens with zero attached hydrogens (tertiary/aromatic N) is 1. The third-order valence-corrected chi connectivity index (χ3v) is 7.05. The smallest absolute Gasteiger partial charge is 0.416 e. The van der Waals surface area contributed by atoms with Crippen molar-refractivity contribution in [1.29, 1.82) is 0 Å². The molecule has 182 valence electrons. The molecule has 3 aromatic carbocycles. The number of amides is 1. The van der Waals surface area contributed by atoms with Crippen LogP contribution in [0.1, 0.15) is 46.2 Å². The summed E-state index contributed by atoms with van der Waals surface area (Å²) in [5.41, 5.74) is 3.21. The van der Waals surface area contributed by atoms with Crippen molar-refractivity contribution in [2.45, 2.75) is 31.0 Å². The standard InChI is InChI=1S/C28H26F3NO3/c1-34-24-14-19-12-13-32(26(18-6-4-3-5-7-18)22(19)16-25(24)35-2)27(33)23-15-21(23)17-8-10-20(11-9-17)28(29,30)31/h3-11,14,16,21,23,26H,12-13,15H2,1-2H3. The van der Waals surface area contributed by atoms with Gasteiger partial charge in [-0.1, -0.05) is 42.5 Å². The molecule has 1 amide bonds. The molecular weight excluding hydrogens is 455 g/mol. The van der Waals surface area contributed by atoms with E-state index in [-0.39, 0.29) is 23.8 Å². The van der Waals surface area contributed by atoms with Gasteiger partial charge in [0.15, 0.2) is 11.5 Å². The Labute approximate surface area is 202 Å². The summed E-state index contributed by atoms with van der Waals surface area (Å²) in [6.45, 7) is 0.553. The van der Waals surface area contributed by atoms with E-state index in [1.54, 1.807) is 14.2 Å². The topological polar surface area (TPSA) is 38.8 Å². The molecule has 1 saturated carbocycles. The molecule has 3 atom stereocenters. The van der Waals surface area contributed by atoms with Crippen molar-refractivity contribution in [3.63, 3.8) is 0 Å². The average Bonchev–Trinajstić information content (AvgIpc) is 3.68. The fourth-order valence-electron chi connectivity index (χ4n) is 5.15. The average molecular weight is 482 g/mol. The van der Waals surface area contributed by atoms with Crippen LogP contribution in [-0.2, 0) is 17.4 Å². The number of alkyl halides is 3. The molecule has 1 fully saturated rings. The van der Waals surface area contributed by atoms with Crippen molar-refractivity contribution in [2.24, 2.45) is 5.92 Å². The molecule has 0 saturated heterocycles.